The maximum absolute atomic E-state index is 14.3. The zero-order valence-corrected chi connectivity index (χ0v) is 17.0. The number of amides is 1. The molecule has 1 amide bonds. The summed E-state index contributed by atoms with van der Waals surface area (Å²) in [5.74, 6) is -0.838. The SMILES string of the molecule is C=CC(=O)N1CCC12CN(c1ccc3ncnc(Nc4ccc(F)c(Cl)c4F)c3n1)C2. The average molecular weight is 443 g/mol. The largest absolute Gasteiger partial charge is 0.352 e. The Hall–Kier alpha value is -3.33. The Morgan fingerprint density at radius 1 is 1.23 bits per heavy atom. The van der Waals surface area contributed by atoms with Gasteiger partial charge in [-0.2, -0.15) is 0 Å². The molecule has 1 spiro atoms. The monoisotopic (exact) mass is 442 g/mol. The first-order valence-electron chi connectivity index (χ1n) is 9.63. The minimum Gasteiger partial charge on any atom is -0.352 e. The maximum atomic E-state index is 14.3. The van der Waals surface area contributed by atoms with Crippen LogP contribution < -0.4 is 10.2 Å². The second kappa shape index (κ2) is 7.12. The lowest BCUT2D eigenvalue weighted by Crippen LogP contribution is -2.78. The van der Waals surface area contributed by atoms with Gasteiger partial charge in [0.25, 0.3) is 0 Å². The molecular weight excluding hydrogens is 426 g/mol. The number of nitrogens with zero attached hydrogens (tertiary/aromatic N) is 5. The van der Waals surface area contributed by atoms with E-state index in [2.05, 4.69) is 31.7 Å². The van der Waals surface area contributed by atoms with E-state index in [0.717, 1.165) is 19.0 Å². The van der Waals surface area contributed by atoms with Gasteiger partial charge in [0.05, 0.1) is 16.7 Å². The summed E-state index contributed by atoms with van der Waals surface area (Å²) < 4.78 is 27.8. The van der Waals surface area contributed by atoms with Crippen molar-refractivity contribution in [2.24, 2.45) is 0 Å². The number of carbonyl (C=O) groups is 1. The van der Waals surface area contributed by atoms with Crippen LogP contribution in [0.25, 0.3) is 11.0 Å². The number of fused-ring (bicyclic) bond motifs is 1. The molecule has 3 aromatic rings. The van der Waals surface area contributed by atoms with Crippen LogP contribution in [0.15, 0.2) is 43.2 Å². The van der Waals surface area contributed by atoms with E-state index in [1.807, 2.05) is 11.0 Å². The Morgan fingerprint density at radius 3 is 2.74 bits per heavy atom. The van der Waals surface area contributed by atoms with Gasteiger partial charge in [-0.25, -0.2) is 23.7 Å². The first-order valence-corrected chi connectivity index (χ1v) is 10.0. The topological polar surface area (TPSA) is 74.2 Å². The second-order valence-electron chi connectivity index (χ2n) is 7.63. The molecule has 158 valence electrons. The fourth-order valence-electron chi connectivity index (χ4n) is 4.10. The van der Waals surface area contributed by atoms with Gasteiger partial charge >= 0.3 is 0 Å². The Labute approximate surface area is 181 Å². The standard InChI is InChI=1S/C21H17ClF2N6O/c1-2-16(31)30-8-7-21(30)9-29(10-21)15-6-5-14-19(28-15)20(26-11-25-14)27-13-4-3-12(23)17(22)18(13)24/h2-6,11H,1,7-10H2,(H,25,26,27). The molecule has 5 rings (SSSR count). The molecule has 1 N–H and O–H groups in total. The van der Waals surface area contributed by atoms with E-state index in [-0.39, 0.29) is 23.0 Å². The number of rotatable bonds is 4. The fourth-order valence-corrected chi connectivity index (χ4v) is 4.26. The molecule has 2 fully saturated rings. The molecule has 31 heavy (non-hydrogen) atoms. The van der Waals surface area contributed by atoms with Gasteiger partial charge in [-0.15, -0.1) is 0 Å². The van der Waals surface area contributed by atoms with Crippen LogP contribution in [0, 0.1) is 11.6 Å². The number of likely N-dealkylation sites (tertiary alicyclic amines) is 1. The molecule has 0 saturated carbocycles. The number of pyridine rings is 1. The van der Waals surface area contributed by atoms with Crippen molar-refractivity contribution in [1.82, 2.24) is 19.9 Å². The molecule has 2 aliphatic rings. The molecule has 10 heteroatoms. The molecule has 0 aliphatic carbocycles. The first-order chi connectivity index (χ1) is 14.9. The zero-order valence-electron chi connectivity index (χ0n) is 16.3. The number of halogens is 3. The molecule has 1 aromatic carbocycles. The van der Waals surface area contributed by atoms with Crippen LogP contribution >= 0.6 is 11.6 Å². The van der Waals surface area contributed by atoms with Crippen LogP contribution in [0.4, 0.5) is 26.1 Å². The summed E-state index contributed by atoms with van der Waals surface area (Å²) in [7, 11) is 0. The third kappa shape index (κ3) is 3.07. The van der Waals surface area contributed by atoms with E-state index in [9.17, 15) is 13.6 Å². The highest BCUT2D eigenvalue weighted by Gasteiger charge is 2.55. The predicted molar refractivity (Wildman–Crippen MR) is 113 cm³/mol. The van der Waals surface area contributed by atoms with Crippen LogP contribution in [0.2, 0.25) is 5.02 Å². The van der Waals surface area contributed by atoms with Crippen LogP contribution in [-0.4, -0.2) is 50.9 Å². The Morgan fingerprint density at radius 2 is 2.03 bits per heavy atom. The zero-order chi connectivity index (χ0) is 21.8. The summed E-state index contributed by atoms with van der Waals surface area (Å²) in [6, 6.07) is 5.97. The molecule has 2 aromatic heterocycles. The quantitative estimate of drug-likeness (QED) is 0.491. The van der Waals surface area contributed by atoms with Crippen molar-refractivity contribution in [2.45, 2.75) is 12.0 Å². The van der Waals surface area contributed by atoms with Crippen molar-refractivity contribution >= 4 is 45.9 Å². The van der Waals surface area contributed by atoms with Gasteiger partial charge in [-0.3, -0.25) is 4.79 Å². The lowest BCUT2D eigenvalue weighted by atomic mass is 9.77. The molecule has 0 bridgehead atoms. The molecule has 4 heterocycles. The van der Waals surface area contributed by atoms with Gasteiger partial charge in [0.15, 0.2) is 11.6 Å². The molecule has 0 atom stereocenters. The van der Waals surface area contributed by atoms with Gasteiger partial charge < -0.3 is 15.1 Å². The van der Waals surface area contributed by atoms with Crippen LogP contribution in [0.1, 0.15) is 6.42 Å². The van der Waals surface area contributed by atoms with Crippen molar-refractivity contribution < 1.29 is 13.6 Å². The summed E-state index contributed by atoms with van der Waals surface area (Å²) in [6.07, 6.45) is 3.62. The highest BCUT2D eigenvalue weighted by atomic mass is 35.5. The average Bonchev–Trinajstić information content (AvgIpc) is 2.72. The molecule has 0 unspecified atom stereocenters. The highest BCUT2D eigenvalue weighted by molar-refractivity contribution is 6.31. The van der Waals surface area contributed by atoms with Crippen molar-refractivity contribution in [3.8, 4) is 0 Å². The minimum atomic E-state index is -0.911. The number of hydrogen-bond acceptors (Lipinski definition) is 6. The van der Waals surface area contributed by atoms with Crippen molar-refractivity contribution in [2.75, 3.05) is 29.9 Å². The summed E-state index contributed by atoms with van der Waals surface area (Å²) >= 11 is 5.67. The third-order valence-electron chi connectivity index (χ3n) is 5.86. The van der Waals surface area contributed by atoms with E-state index in [0.29, 0.717) is 29.9 Å². The number of benzene rings is 1. The summed E-state index contributed by atoms with van der Waals surface area (Å²) in [5.41, 5.74) is 0.824. The number of hydrogen-bond donors (Lipinski definition) is 1. The molecule has 7 nitrogen and oxygen atoms in total. The van der Waals surface area contributed by atoms with E-state index in [4.69, 9.17) is 11.6 Å². The maximum Gasteiger partial charge on any atom is 0.246 e. The van der Waals surface area contributed by atoms with Crippen LogP contribution in [0.5, 0.6) is 0 Å². The lowest BCUT2D eigenvalue weighted by Gasteiger charge is -2.62. The van der Waals surface area contributed by atoms with Gasteiger partial charge in [0, 0.05) is 19.6 Å². The normalized spacial score (nSPS) is 16.7. The number of aromatic nitrogens is 3. The van der Waals surface area contributed by atoms with Crippen molar-refractivity contribution in [3.05, 3.63) is 59.9 Å². The van der Waals surface area contributed by atoms with E-state index >= 15 is 0 Å². The highest BCUT2D eigenvalue weighted by Crippen LogP contribution is 2.41. The minimum absolute atomic E-state index is 0.0189. The predicted octanol–water partition coefficient (Wildman–Crippen LogP) is 3.68. The Bertz CT molecular complexity index is 1230. The van der Waals surface area contributed by atoms with Crippen LogP contribution in [0.3, 0.4) is 0 Å². The van der Waals surface area contributed by atoms with Crippen LogP contribution in [-0.2, 0) is 4.79 Å². The smallest absolute Gasteiger partial charge is 0.246 e. The molecule has 2 saturated heterocycles. The van der Waals surface area contributed by atoms with Crippen molar-refractivity contribution in [1.29, 1.82) is 0 Å². The number of nitrogens with one attached hydrogen (secondary N) is 1. The first kappa shape index (κ1) is 19.6. The molecule has 2 aliphatic heterocycles. The second-order valence-corrected chi connectivity index (χ2v) is 8.01. The number of anilines is 3. The Balaban J connectivity index is 1.43. The molecule has 0 radical (unpaired) electrons. The van der Waals surface area contributed by atoms with Crippen molar-refractivity contribution in [3.63, 3.8) is 0 Å². The summed E-state index contributed by atoms with van der Waals surface area (Å²) in [6.45, 7) is 5.64. The van der Waals surface area contributed by atoms with Gasteiger partial charge in [-0.1, -0.05) is 18.2 Å². The Kier molecular flexibility index (Phi) is 4.51. The van der Waals surface area contributed by atoms with E-state index in [1.165, 1.54) is 18.5 Å². The van der Waals surface area contributed by atoms with Gasteiger partial charge in [0.1, 0.15) is 28.5 Å². The fraction of sp³-hybridized carbons (Fsp3) is 0.238. The summed E-state index contributed by atoms with van der Waals surface area (Å²) in [5, 5.41) is 2.24. The lowest BCUT2D eigenvalue weighted by molar-refractivity contribution is -0.144. The summed E-state index contributed by atoms with van der Waals surface area (Å²) in [4.78, 5) is 28.9. The van der Waals surface area contributed by atoms with E-state index < -0.39 is 16.7 Å². The van der Waals surface area contributed by atoms with Gasteiger partial charge in [-0.05, 0) is 36.8 Å². The molecular formula is C21H17ClF2N6O. The number of carbonyl (C=O) groups excluding carboxylic acids is 1. The third-order valence-corrected chi connectivity index (χ3v) is 6.21. The van der Waals surface area contributed by atoms with E-state index in [1.54, 1.807) is 6.07 Å². The van der Waals surface area contributed by atoms with Gasteiger partial charge in [0.2, 0.25) is 5.91 Å².